The standard InChI is InChI=1S/C15H14BrClN2O/c1-10-5-6-12(17)8-14(10)19-15(20)9-18-13-4-2-3-11(16)7-13/h2-8,18H,9H2,1H3,(H,19,20). The summed E-state index contributed by atoms with van der Waals surface area (Å²) in [4.78, 5) is 11.9. The highest BCUT2D eigenvalue weighted by Gasteiger charge is 2.05. The Hall–Kier alpha value is -1.52. The molecule has 0 fully saturated rings. The van der Waals surface area contributed by atoms with Gasteiger partial charge in [0.05, 0.1) is 6.54 Å². The summed E-state index contributed by atoms with van der Waals surface area (Å²) in [5.74, 6) is -0.115. The fourth-order valence-electron chi connectivity index (χ4n) is 1.70. The molecule has 2 aromatic rings. The number of carbonyl (C=O) groups excluding carboxylic acids is 1. The van der Waals surface area contributed by atoms with Gasteiger partial charge < -0.3 is 10.6 Å². The molecule has 0 atom stereocenters. The van der Waals surface area contributed by atoms with Crippen LogP contribution in [0, 0.1) is 6.92 Å². The fraction of sp³-hybridized carbons (Fsp3) is 0.133. The Morgan fingerprint density at radius 2 is 2.05 bits per heavy atom. The first-order valence-electron chi connectivity index (χ1n) is 6.10. The van der Waals surface area contributed by atoms with Gasteiger partial charge in [-0.05, 0) is 42.8 Å². The number of carbonyl (C=O) groups is 1. The molecule has 0 saturated carbocycles. The number of aryl methyl sites for hydroxylation is 1. The zero-order valence-corrected chi connectivity index (χ0v) is 13.3. The topological polar surface area (TPSA) is 41.1 Å². The van der Waals surface area contributed by atoms with E-state index in [1.165, 1.54) is 0 Å². The normalized spacial score (nSPS) is 10.2. The summed E-state index contributed by atoms with van der Waals surface area (Å²) in [6.45, 7) is 2.12. The quantitative estimate of drug-likeness (QED) is 0.852. The lowest BCUT2D eigenvalue weighted by Gasteiger charge is -2.10. The summed E-state index contributed by atoms with van der Waals surface area (Å²) < 4.78 is 0.966. The van der Waals surface area contributed by atoms with Crippen LogP contribution in [0.25, 0.3) is 0 Å². The van der Waals surface area contributed by atoms with E-state index in [9.17, 15) is 4.79 Å². The van der Waals surface area contributed by atoms with Crippen LogP contribution in [0.4, 0.5) is 11.4 Å². The molecule has 1 amide bonds. The Morgan fingerprint density at radius 3 is 2.80 bits per heavy atom. The van der Waals surface area contributed by atoms with E-state index in [-0.39, 0.29) is 12.5 Å². The molecule has 0 aliphatic rings. The van der Waals surface area contributed by atoms with Gasteiger partial charge in [0.25, 0.3) is 0 Å². The predicted octanol–water partition coefficient (Wildman–Crippen LogP) is 4.46. The summed E-state index contributed by atoms with van der Waals surface area (Å²) in [6, 6.07) is 13.1. The zero-order valence-electron chi connectivity index (χ0n) is 10.9. The number of hydrogen-bond acceptors (Lipinski definition) is 2. The van der Waals surface area contributed by atoms with Crippen LogP contribution in [0.1, 0.15) is 5.56 Å². The second kappa shape index (κ2) is 6.77. The average Bonchev–Trinajstić information content (AvgIpc) is 2.41. The van der Waals surface area contributed by atoms with Crippen LogP contribution in [-0.4, -0.2) is 12.5 Å². The van der Waals surface area contributed by atoms with Crippen LogP contribution >= 0.6 is 27.5 Å². The van der Waals surface area contributed by atoms with Crippen molar-refractivity contribution >= 4 is 44.8 Å². The van der Waals surface area contributed by atoms with E-state index >= 15 is 0 Å². The second-order valence-corrected chi connectivity index (χ2v) is 5.72. The summed E-state index contributed by atoms with van der Waals surface area (Å²) in [6.07, 6.45) is 0. The van der Waals surface area contributed by atoms with Gasteiger partial charge in [0, 0.05) is 20.9 Å². The van der Waals surface area contributed by atoms with Crippen molar-refractivity contribution in [3.63, 3.8) is 0 Å². The monoisotopic (exact) mass is 352 g/mol. The molecule has 0 aliphatic carbocycles. The number of rotatable bonds is 4. The van der Waals surface area contributed by atoms with Crippen molar-refractivity contribution in [3.8, 4) is 0 Å². The van der Waals surface area contributed by atoms with Gasteiger partial charge in [-0.25, -0.2) is 0 Å². The minimum Gasteiger partial charge on any atom is -0.376 e. The fourth-order valence-corrected chi connectivity index (χ4v) is 2.28. The van der Waals surface area contributed by atoms with Gasteiger partial charge in [0.15, 0.2) is 0 Å². The SMILES string of the molecule is Cc1ccc(Cl)cc1NC(=O)CNc1cccc(Br)c1. The molecule has 5 heteroatoms. The van der Waals surface area contributed by atoms with E-state index in [0.29, 0.717) is 5.02 Å². The van der Waals surface area contributed by atoms with E-state index in [1.54, 1.807) is 12.1 Å². The van der Waals surface area contributed by atoms with Crippen molar-refractivity contribution in [2.24, 2.45) is 0 Å². The highest BCUT2D eigenvalue weighted by Crippen LogP contribution is 2.20. The first kappa shape index (κ1) is 14.9. The molecule has 104 valence electrons. The molecule has 0 spiro atoms. The third kappa shape index (κ3) is 4.25. The summed E-state index contributed by atoms with van der Waals surface area (Å²) in [7, 11) is 0. The lowest BCUT2D eigenvalue weighted by molar-refractivity contribution is -0.114. The molecule has 0 heterocycles. The number of benzene rings is 2. The number of hydrogen-bond donors (Lipinski definition) is 2. The smallest absolute Gasteiger partial charge is 0.243 e. The summed E-state index contributed by atoms with van der Waals surface area (Å²) >= 11 is 9.30. The molecule has 20 heavy (non-hydrogen) atoms. The van der Waals surface area contributed by atoms with Crippen LogP contribution in [-0.2, 0) is 4.79 Å². The Bertz CT molecular complexity index is 631. The van der Waals surface area contributed by atoms with E-state index < -0.39 is 0 Å². The van der Waals surface area contributed by atoms with Gasteiger partial charge in [-0.15, -0.1) is 0 Å². The maximum atomic E-state index is 11.9. The van der Waals surface area contributed by atoms with Crippen LogP contribution < -0.4 is 10.6 Å². The van der Waals surface area contributed by atoms with Gasteiger partial charge in [-0.2, -0.15) is 0 Å². The van der Waals surface area contributed by atoms with Crippen LogP contribution in [0.5, 0.6) is 0 Å². The van der Waals surface area contributed by atoms with Crippen LogP contribution in [0.3, 0.4) is 0 Å². The zero-order chi connectivity index (χ0) is 14.5. The van der Waals surface area contributed by atoms with Crippen molar-refractivity contribution < 1.29 is 4.79 Å². The van der Waals surface area contributed by atoms with Gasteiger partial charge >= 0.3 is 0 Å². The van der Waals surface area contributed by atoms with Crippen LogP contribution in [0.15, 0.2) is 46.9 Å². The van der Waals surface area contributed by atoms with Crippen LogP contribution in [0.2, 0.25) is 5.02 Å². The molecule has 0 unspecified atom stereocenters. The second-order valence-electron chi connectivity index (χ2n) is 4.37. The lowest BCUT2D eigenvalue weighted by Crippen LogP contribution is -2.22. The van der Waals surface area contributed by atoms with Crippen molar-refractivity contribution in [3.05, 3.63) is 57.5 Å². The minimum atomic E-state index is -0.115. The molecule has 3 nitrogen and oxygen atoms in total. The predicted molar refractivity (Wildman–Crippen MR) is 87.5 cm³/mol. The first-order chi connectivity index (χ1) is 9.54. The molecule has 0 radical (unpaired) electrons. The minimum absolute atomic E-state index is 0.115. The Morgan fingerprint density at radius 1 is 1.25 bits per heavy atom. The van der Waals surface area contributed by atoms with Gasteiger partial charge in [-0.3, -0.25) is 4.79 Å². The maximum absolute atomic E-state index is 11.9. The van der Waals surface area contributed by atoms with Gasteiger partial charge in [0.1, 0.15) is 0 Å². The van der Waals surface area contributed by atoms with Crippen molar-refractivity contribution in [2.75, 3.05) is 17.2 Å². The number of halogens is 2. The first-order valence-corrected chi connectivity index (χ1v) is 7.27. The number of nitrogens with one attached hydrogen (secondary N) is 2. The third-order valence-electron chi connectivity index (χ3n) is 2.75. The largest absolute Gasteiger partial charge is 0.376 e. The molecule has 2 aromatic carbocycles. The molecule has 0 aromatic heterocycles. The Kier molecular flexibility index (Phi) is 5.04. The average molecular weight is 354 g/mol. The number of anilines is 2. The van der Waals surface area contributed by atoms with Crippen molar-refractivity contribution in [2.45, 2.75) is 6.92 Å². The maximum Gasteiger partial charge on any atom is 0.243 e. The molecule has 0 aliphatic heterocycles. The third-order valence-corrected chi connectivity index (χ3v) is 3.48. The van der Waals surface area contributed by atoms with Gasteiger partial charge in [0.2, 0.25) is 5.91 Å². The Balaban J connectivity index is 1.94. The Labute approximate surface area is 131 Å². The molecule has 2 rings (SSSR count). The summed E-state index contributed by atoms with van der Waals surface area (Å²) in [5, 5.41) is 6.51. The highest BCUT2D eigenvalue weighted by atomic mass is 79.9. The molecular formula is C15H14BrClN2O. The summed E-state index contributed by atoms with van der Waals surface area (Å²) in [5.41, 5.74) is 2.60. The lowest BCUT2D eigenvalue weighted by atomic mass is 10.2. The number of amides is 1. The highest BCUT2D eigenvalue weighted by molar-refractivity contribution is 9.10. The van der Waals surface area contributed by atoms with Gasteiger partial charge in [-0.1, -0.05) is 39.7 Å². The van der Waals surface area contributed by atoms with E-state index in [4.69, 9.17) is 11.6 Å². The van der Waals surface area contributed by atoms with Crippen molar-refractivity contribution in [1.29, 1.82) is 0 Å². The van der Waals surface area contributed by atoms with E-state index in [2.05, 4.69) is 26.6 Å². The van der Waals surface area contributed by atoms with E-state index in [1.807, 2.05) is 37.3 Å². The molecule has 2 N–H and O–H groups in total. The molecular weight excluding hydrogens is 340 g/mol. The molecule has 0 saturated heterocycles. The van der Waals surface area contributed by atoms with Crippen molar-refractivity contribution in [1.82, 2.24) is 0 Å². The molecule has 0 bridgehead atoms. The van der Waals surface area contributed by atoms with E-state index in [0.717, 1.165) is 21.4 Å².